The van der Waals surface area contributed by atoms with Crippen molar-refractivity contribution in [2.24, 2.45) is 0 Å². The van der Waals surface area contributed by atoms with Crippen LogP contribution < -0.4 is 0 Å². The molecule has 0 radical (unpaired) electrons. The minimum absolute atomic E-state index is 0.132. The van der Waals surface area contributed by atoms with Gasteiger partial charge in [-0.1, -0.05) is 175 Å². The number of unbranched alkanes of at least 4 members (excludes halogenated alkanes) is 11. The normalized spacial score (nSPS) is 20.2. The maximum absolute atomic E-state index is 12.8. The lowest BCUT2D eigenvalue weighted by molar-refractivity contribution is -0.305. The van der Waals surface area contributed by atoms with E-state index in [2.05, 4.69) is 105 Å². The molecule has 10 heteroatoms. The first-order chi connectivity index (χ1) is 31.8. The van der Waals surface area contributed by atoms with Crippen molar-refractivity contribution in [3.8, 4) is 0 Å². The van der Waals surface area contributed by atoms with E-state index in [1.165, 1.54) is 77.0 Å². The van der Waals surface area contributed by atoms with Gasteiger partial charge >= 0.3 is 11.9 Å². The summed E-state index contributed by atoms with van der Waals surface area (Å²) in [5, 5.41) is 40.2. The molecule has 0 aromatic carbocycles. The first kappa shape index (κ1) is 59.4. The Morgan fingerprint density at radius 1 is 0.477 bits per heavy atom. The number of carbonyl (C=O) groups is 2. The summed E-state index contributed by atoms with van der Waals surface area (Å²) in [6.45, 7) is 3.25. The lowest BCUT2D eigenvalue weighted by atomic mass is 9.99. The maximum Gasteiger partial charge on any atom is 0.306 e. The Morgan fingerprint density at radius 2 is 0.892 bits per heavy atom. The monoisotopic (exact) mass is 909 g/mol. The van der Waals surface area contributed by atoms with E-state index < -0.39 is 55.4 Å². The van der Waals surface area contributed by atoms with Gasteiger partial charge in [-0.25, -0.2) is 0 Å². The highest BCUT2D eigenvalue weighted by molar-refractivity contribution is 5.70. The van der Waals surface area contributed by atoms with Gasteiger partial charge in [0, 0.05) is 12.8 Å². The standard InChI is InChI=1S/C55H88O10/c1-3-5-7-9-11-13-15-17-19-21-23-24-26-28-30-32-34-36-38-40-42-44-51(58)64-48(47-63-55-54(61)53(60)52(59)49(45-56)65-55)46-62-50(57)43-41-39-37-35-33-31-29-27-25-22-20-18-16-14-12-10-8-6-4-2/h12,14,18-21,24-27,30-33,36-39,48-49,52-56,59-61H,3-11,13,15-17,22-23,28-29,34-35,40-47H2,1-2H3/b14-12+,20-18+,21-19+,26-24+,27-25+,32-30+,33-31+,38-36+,39-37+/t48-,49-,52+,53?,54?,55-/m1/s1. The van der Waals surface area contributed by atoms with Crippen LogP contribution in [0.5, 0.6) is 0 Å². The van der Waals surface area contributed by atoms with Crippen molar-refractivity contribution in [3.05, 3.63) is 109 Å². The maximum atomic E-state index is 12.8. The van der Waals surface area contributed by atoms with E-state index in [4.69, 9.17) is 18.9 Å². The molecule has 0 spiro atoms. The van der Waals surface area contributed by atoms with Crippen LogP contribution in [-0.4, -0.2) is 89.0 Å². The Kier molecular flexibility index (Phi) is 40.4. The van der Waals surface area contributed by atoms with Crippen molar-refractivity contribution >= 4 is 11.9 Å². The first-order valence-electron chi connectivity index (χ1n) is 25.0. The number of esters is 2. The summed E-state index contributed by atoms with van der Waals surface area (Å²) in [5.41, 5.74) is 0. The Labute approximate surface area is 393 Å². The molecule has 65 heavy (non-hydrogen) atoms. The van der Waals surface area contributed by atoms with Crippen molar-refractivity contribution in [2.75, 3.05) is 19.8 Å². The summed E-state index contributed by atoms with van der Waals surface area (Å²) in [6.07, 6.45) is 54.0. The summed E-state index contributed by atoms with van der Waals surface area (Å²) in [7, 11) is 0. The molecule has 0 aliphatic carbocycles. The summed E-state index contributed by atoms with van der Waals surface area (Å²) >= 11 is 0. The molecule has 1 fully saturated rings. The predicted molar refractivity (Wildman–Crippen MR) is 265 cm³/mol. The average Bonchev–Trinajstić information content (AvgIpc) is 3.30. The number of rotatable bonds is 40. The van der Waals surface area contributed by atoms with Crippen LogP contribution in [0, 0.1) is 0 Å². The number of allylic oxidation sites excluding steroid dienone is 18. The van der Waals surface area contributed by atoms with E-state index in [9.17, 15) is 30.0 Å². The third-order valence-corrected chi connectivity index (χ3v) is 10.6. The van der Waals surface area contributed by atoms with E-state index in [0.29, 0.717) is 19.3 Å². The predicted octanol–water partition coefficient (Wildman–Crippen LogP) is 11.7. The van der Waals surface area contributed by atoms with Crippen molar-refractivity contribution < 1.29 is 49.0 Å². The third kappa shape index (κ3) is 35.3. The minimum atomic E-state index is -1.62. The topological polar surface area (TPSA) is 152 Å². The average molecular weight is 909 g/mol. The van der Waals surface area contributed by atoms with Crippen molar-refractivity contribution in [3.63, 3.8) is 0 Å². The molecule has 10 nitrogen and oxygen atoms in total. The van der Waals surface area contributed by atoms with Gasteiger partial charge in [-0.2, -0.15) is 0 Å². The summed E-state index contributed by atoms with van der Waals surface area (Å²) in [4.78, 5) is 25.4. The first-order valence-corrected chi connectivity index (χ1v) is 25.0. The third-order valence-electron chi connectivity index (χ3n) is 10.6. The lowest BCUT2D eigenvalue weighted by Gasteiger charge is -2.39. The van der Waals surface area contributed by atoms with Gasteiger partial charge in [0.15, 0.2) is 12.4 Å². The van der Waals surface area contributed by atoms with E-state index in [0.717, 1.165) is 44.9 Å². The Hall–Kier alpha value is -3.64. The summed E-state index contributed by atoms with van der Waals surface area (Å²) in [6, 6.07) is 0. The molecule has 0 aromatic rings. The molecule has 368 valence electrons. The van der Waals surface area contributed by atoms with Crippen molar-refractivity contribution in [1.82, 2.24) is 0 Å². The van der Waals surface area contributed by atoms with Crippen LogP contribution in [0.2, 0.25) is 0 Å². The Morgan fingerprint density at radius 3 is 1.38 bits per heavy atom. The fraction of sp³-hybridized carbons (Fsp3) is 0.636. The van der Waals surface area contributed by atoms with Crippen LogP contribution in [0.1, 0.15) is 168 Å². The second-order valence-electron chi connectivity index (χ2n) is 16.6. The van der Waals surface area contributed by atoms with Crippen molar-refractivity contribution in [1.29, 1.82) is 0 Å². The number of carbonyl (C=O) groups excluding carboxylic acids is 2. The van der Waals surface area contributed by atoms with Gasteiger partial charge in [0.25, 0.3) is 0 Å². The van der Waals surface area contributed by atoms with Crippen LogP contribution >= 0.6 is 0 Å². The number of aliphatic hydroxyl groups excluding tert-OH is 4. The highest BCUT2D eigenvalue weighted by atomic mass is 16.7. The highest BCUT2D eigenvalue weighted by Gasteiger charge is 2.44. The smallest absolute Gasteiger partial charge is 0.306 e. The summed E-state index contributed by atoms with van der Waals surface area (Å²) in [5.74, 6) is -0.978. The van der Waals surface area contributed by atoms with Gasteiger partial charge < -0.3 is 39.4 Å². The molecule has 0 amide bonds. The van der Waals surface area contributed by atoms with Crippen LogP contribution in [0.25, 0.3) is 0 Å². The Balaban J connectivity index is 2.40. The Bertz CT molecular complexity index is 1420. The van der Waals surface area contributed by atoms with Crippen LogP contribution in [0.3, 0.4) is 0 Å². The highest BCUT2D eigenvalue weighted by Crippen LogP contribution is 2.22. The second-order valence-corrected chi connectivity index (χ2v) is 16.6. The second kappa shape index (κ2) is 44.2. The quantitative estimate of drug-likeness (QED) is 0.0266. The molecular weight excluding hydrogens is 821 g/mol. The number of hydrogen-bond donors (Lipinski definition) is 4. The van der Waals surface area contributed by atoms with Gasteiger partial charge in [-0.05, 0) is 89.9 Å². The number of ether oxygens (including phenoxy) is 4. The molecule has 0 aromatic heterocycles. The molecule has 1 heterocycles. The molecule has 2 unspecified atom stereocenters. The van der Waals surface area contributed by atoms with E-state index in [1.54, 1.807) is 0 Å². The van der Waals surface area contributed by atoms with E-state index in [1.807, 2.05) is 18.2 Å². The van der Waals surface area contributed by atoms with E-state index in [-0.39, 0.29) is 26.1 Å². The molecule has 6 atom stereocenters. The van der Waals surface area contributed by atoms with Gasteiger partial charge in [-0.15, -0.1) is 0 Å². The molecule has 1 saturated heterocycles. The largest absolute Gasteiger partial charge is 0.462 e. The molecule has 4 N–H and O–H groups in total. The molecule has 1 aliphatic heterocycles. The van der Waals surface area contributed by atoms with Crippen LogP contribution in [0.4, 0.5) is 0 Å². The van der Waals surface area contributed by atoms with Gasteiger partial charge in [0.2, 0.25) is 0 Å². The molecule has 1 rings (SSSR count). The van der Waals surface area contributed by atoms with Gasteiger partial charge in [0.05, 0.1) is 13.2 Å². The minimum Gasteiger partial charge on any atom is -0.462 e. The number of aliphatic hydroxyl groups is 4. The van der Waals surface area contributed by atoms with E-state index >= 15 is 0 Å². The van der Waals surface area contributed by atoms with Crippen LogP contribution in [-0.2, 0) is 28.5 Å². The molecule has 0 bridgehead atoms. The lowest BCUT2D eigenvalue weighted by Crippen LogP contribution is -2.59. The molecule has 0 saturated carbocycles. The van der Waals surface area contributed by atoms with Crippen LogP contribution in [0.15, 0.2) is 109 Å². The zero-order valence-corrected chi connectivity index (χ0v) is 40.2. The number of hydrogen-bond acceptors (Lipinski definition) is 10. The zero-order chi connectivity index (χ0) is 47.3. The van der Waals surface area contributed by atoms with Crippen molar-refractivity contribution in [2.45, 2.75) is 205 Å². The zero-order valence-electron chi connectivity index (χ0n) is 40.2. The van der Waals surface area contributed by atoms with Gasteiger partial charge in [0.1, 0.15) is 31.0 Å². The molecular formula is C55H88O10. The van der Waals surface area contributed by atoms with Gasteiger partial charge in [-0.3, -0.25) is 9.59 Å². The molecule has 1 aliphatic rings. The fourth-order valence-corrected chi connectivity index (χ4v) is 6.69. The summed E-state index contributed by atoms with van der Waals surface area (Å²) < 4.78 is 22.1. The fourth-order valence-electron chi connectivity index (χ4n) is 6.69. The SMILES string of the molecule is CCCCC/C=C/C/C=C/C/C=C/C/C=C/C/C=C/CCC(=O)OC[C@H](CO[C@@H]1O[C@H](CO)[C@H](O)C(O)C1O)OC(=O)CCC/C=C/C/C=C/C/C=C/C/C=C/CCCCCCCCC.